The average molecular weight is 320 g/mol. The van der Waals surface area contributed by atoms with Gasteiger partial charge in [0.2, 0.25) is 5.91 Å². The van der Waals surface area contributed by atoms with Crippen molar-refractivity contribution in [1.82, 2.24) is 9.80 Å². The molecule has 1 rings (SSSR count). The van der Waals surface area contributed by atoms with Crippen LogP contribution >= 0.6 is 0 Å². The molecule has 3 amide bonds. The topological polar surface area (TPSA) is 78.7 Å². The third-order valence-corrected chi connectivity index (χ3v) is 3.31. The summed E-state index contributed by atoms with van der Waals surface area (Å²) in [5.41, 5.74) is 6.62. The molecule has 3 N–H and O–H groups in total. The Labute approximate surface area is 138 Å². The second-order valence-electron chi connectivity index (χ2n) is 6.37. The Kier molecular flexibility index (Phi) is 7.54. The molecule has 23 heavy (non-hydrogen) atoms. The Bertz CT molecular complexity index is 529. The number of nitrogens with two attached hydrogens (primary N) is 1. The average Bonchev–Trinajstić information content (AvgIpc) is 2.44. The van der Waals surface area contributed by atoms with Gasteiger partial charge in [0, 0.05) is 25.3 Å². The molecule has 0 aromatic heterocycles. The summed E-state index contributed by atoms with van der Waals surface area (Å²) >= 11 is 0. The van der Waals surface area contributed by atoms with Crippen molar-refractivity contribution in [2.75, 3.05) is 39.0 Å². The molecule has 0 saturated carbocycles. The van der Waals surface area contributed by atoms with Crippen molar-refractivity contribution in [3.63, 3.8) is 0 Å². The Morgan fingerprint density at radius 3 is 2.39 bits per heavy atom. The van der Waals surface area contributed by atoms with Gasteiger partial charge in [-0.05, 0) is 31.6 Å². The van der Waals surface area contributed by atoms with Crippen molar-refractivity contribution < 1.29 is 9.59 Å². The number of carbonyl (C=O) groups excluding carboxylic acids is 2. The molecule has 0 aliphatic heterocycles. The predicted molar refractivity (Wildman–Crippen MR) is 93.3 cm³/mol. The summed E-state index contributed by atoms with van der Waals surface area (Å²) in [6.45, 7) is 6.28. The lowest BCUT2D eigenvalue weighted by molar-refractivity contribution is -0.117. The molecule has 0 aliphatic carbocycles. The molecule has 0 bridgehead atoms. The fourth-order valence-electron chi connectivity index (χ4n) is 2.22. The van der Waals surface area contributed by atoms with Gasteiger partial charge in [-0.15, -0.1) is 0 Å². The number of primary amides is 1. The maximum Gasteiger partial charge on any atom is 0.321 e. The van der Waals surface area contributed by atoms with Crippen molar-refractivity contribution in [2.45, 2.75) is 20.3 Å². The lowest BCUT2D eigenvalue weighted by Gasteiger charge is -2.26. The van der Waals surface area contributed by atoms with Gasteiger partial charge in [0.25, 0.3) is 0 Å². The summed E-state index contributed by atoms with van der Waals surface area (Å²) < 4.78 is 0. The molecule has 0 atom stereocenters. The van der Waals surface area contributed by atoms with Crippen molar-refractivity contribution in [3.05, 3.63) is 29.8 Å². The molecule has 6 nitrogen and oxygen atoms in total. The number of nitrogens with zero attached hydrogens (tertiary/aromatic N) is 2. The lowest BCUT2D eigenvalue weighted by Crippen LogP contribution is -2.41. The highest BCUT2D eigenvalue weighted by molar-refractivity contribution is 5.91. The first-order valence-electron chi connectivity index (χ1n) is 7.86. The van der Waals surface area contributed by atoms with E-state index in [0.717, 1.165) is 12.1 Å². The molecule has 1 aromatic carbocycles. The summed E-state index contributed by atoms with van der Waals surface area (Å²) in [6, 6.07) is 7.08. The van der Waals surface area contributed by atoms with E-state index in [1.165, 1.54) is 0 Å². The van der Waals surface area contributed by atoms with Gasteiger partial charge in [-0.1, -0.05) is 32.0 Å². The van der Waals surface area contributed by atoms with Gasteiger partial charge in [-0.2, -0.15) is 0 Å². The number of hydrogen-bond donors (Lipinski definition) is 2. The van der Waals surface area contributed by atoms with Crippen LogP contribution in [0.15, 0.2) is 24.3 Å². The first-order valence-corrected chi connectivity index (χ1v) is 7.86. The third kappa shape index (κ3) is 7.15. The molecule has 0 saturated heterocycles. The number of rotatable bonds is 8. The molecule has 0 unspecified atom stereocenters. The minimum Gasteiger partial charge on any atom is -0.369 e. The van der Waals surface area contributed by atoms with E-state index < -0.39 is 5.91 Å². The highest BCUT2D eigenvalue weighted by Crippen LogP contribution is 2.16. The number of hydrogen-bond acceptors (Lipinski definition) is 3. The van der Waals surface area contributed by atoms with Crippen LogP contribution in [0.5, 0.6) is 0 Å². The van der Waals surface area contributed by atoms with E-state index >= 15 is 0 Å². The van der Waals surface area contributed by atoms with E-state index in [1.807, 2.05) is 31.1 Å². The molecule has 0 radical (unpaired) electrons. The molecule has 0 heterocycles. The van der Waals surface area contributed by atoms with Crippen molar-refractivity contribution in [2.24, 2.45) is 11.7 Å². The minimum atomic E-state index is -0.418. The van der Waals surface area contributed by atoms with Crippen LogP contribution in [0.3, 0.4) is 0 Å². The van der Waals surface area contributed by atoms with Crippen LogP contribution in [0.1, 0.15) is 19.4 Å². The molecular formula is C17H28N4O2. The first kappa shape index (κ1) is 19.0. The summed E-state index contributed by atoms with van der Waals surface area (Å²) in [5, 5.41) is 2.91. The number of likely N-dealkylation sites (N-methyl/N-ethyl adjacent to an activating group) is 1. The second kappa shape index (κ2) is 9.15. The van der Waals surface area contributed by atoms with Crippen LogP contribution < -0.4 is 11.1 Å². The Balaban J connectivity index is 2.82. The van der Waals surface area contributed by atoms with Crippen LogP contribution in [-0.2, 0) is 11.2 Å². The standard InChI is InChI=1S/C17H28N4O2/c1-13(2)12-21(10-9-20(3)4)17(23)19-15-8-6-5-7-14(15)11-16(18)22/h5-8,13H,9-12H2,1-4H3,(H2,18,22)(H,19,23). The van der Waals surface area contributed by atoms with Crippen molar-refractivity contribution in [1.29, 1.82) is 0 Å². The first-order chi connectivity index (χ1) is 10.8. The van der Waals surface area contributed by atoms with Gasteiger partial charge in [0.15, 0.2) is 0 Å². The van der Waals surface area contributed by atoms with E-state index in [9.17, 15) is 9.59 Å². The summed E-state index contributed by atoms with van der Waals surface area (Å²) in [7, 11) is 3.96. The van der Waals surface area contributed by atoms with Crippen molar-refractivity contribution in [3.8, 4) is 0 Å². The zero-order valence-corrected chi connectivity index (χ0v) is 14.5. The fourth-order valence-corrected chi connectivity index (χ4v) is 2.22. The molecule has 0 aliphatic rings. The van der Waals surface area contributed by atoms with Gasteiger partial charge in [-0.25, -0.2) is 4.79 Å². The SMILES string of the molecule is CC(C)CN(CCN(C)C)C(=O)Nc1ccccc1CC(N)=O. The Morgan fingerprint density at radius 1 is 1.17 bits per heavy atom. The zero-order valence-electron chi connectivity index (χ0n) is 14.5. The Hall–Kier alpha value is -2.08. The van der Waals surface area contributed by atoms with Gasteiger partial charge < -0.3 is 20.9 Å². The smallest absolute Gasteiger partial charge is 0.321 e. The normalized spacial score (nSPS) is 10.9. The number of nitrogens with one attached hydrogen (secondary N) is 1. The maximum atomic E-state index is 12.6. The summed E-state index contributed by atoms with van der Waals surface area (Å²) in [5.74, 6) is -0.0397. The molecule has 0 spiro atoms. The van der Waals surface area contributed by atoms with Gasteiger partial charge >= 0.3 is 6.03 Å². The van der Waals surface area contributed by atoms with E-state index in [-0.39, 0.29) is 12.5 Å². The third-order valence-electron chi connectivity index (χ3n) is 3.31. The highest BCUT2D eigenvalue weighted by atomic mass is 16.2. The monoisotopic (exact) mass is 320 g/mol. The van der Waals surface area contributed by atoms with Crippen LogP contribution in [0, 0.1) is 5.92 Å². The molecule has 6 heteroatoms. The predicted octanol–water partition coefficient (Wildman–Crippen LogP) is 1.77. The van der Waals surface area contributed by atoms with Crippen LogP contribution in [0.2, 0.25) is 0 Å². The number of para-hydroxylation sites is 1. The minimum absolute atomic E-state index is 0.109. The van der Waals surface area contributed by atoms with E-state index in [4.69, 9.17) is 5.73 Å². The highest BCUT2D eigenvalue weighted by Gasteiger charge is 2.16. The number of carbonyl (C=O) groups is 2. The maximum absolute atomic E-state index is 12.6. The van der Waals surface area contributed by atoms with Gasteiger partial charge in [0.05, 0.1) is 6.42 Å². The van der Waals surface area contributed by atoms with Crippen molar-refractivity contribution >= 4 is 17.6 Å². The summed E-state index contributed by atoms with van der Waals surface area (Å²) in [4.78, 5) is 27.6. The molecular weight excluding hydrogens is 292 g/mol. The van der Waals surface area contributed by atoms with Crippen LogP contribution in [0.4, 0.5) is 10.5 Å². The number of urea groups is 1. The van der Waals surface area contributed by atoms with E-state index in [0.29, 0.717) is 24.7 Å². The van der Waals surface area contributed by atoms with Crippen LogP contribution in [-0.4, -0.2) is 55.5 Å². The van der Waals surface area contributed by atoms with Gasteiger partial charge in [0.1, 0.15) is 0 Å². The number of anilines is 1. The van der Waals surface area contributed by atoms with E-state index in [2.05, 4.69) is 19.2 Å². The largest absolute Gasteiger partial charge is 0.369 e. The lowest BCUT2D eigenvalue weighted by atomic mass is 10.1. The quantitative estimate of drug-likeness (QED) is 0.766. The summed E-state index contributed by atoms with van der Waals surface area (Å²) in [6.07, 6.45) is 0.109. The van der Waals surface area contributed by atoms with Gasteiger partial charge in [-0.3, -0.25) is 4.79 Å². The van der Waals surface area contributed by atoms with Crippen LogP contribution in [0.25, 0.3) is 0 Å². The molecule has 128 valence electrons. The number of amides is 3. The zero-order chi connectivity index (χ0) is 17.4. The van der Waals surface area contributed by atoms with E-state index in [1.54, 1.807) is 17.0 Å². The Morgan fingerprint density at radius 2 is 1.83 bits per heavy atom. The second-order valence-corrected chi connectivity index (χ2v) is 6.37. The molecule has 0 fully saturated rings. The fraction of sp³-hybridized carbons (Fsp3) is 0.529. The molecule has 1 aromatic rings. The number of benzene rings is 1.